The van der Waals surface area contributed by atoms with E-state index in [1.54, 1.807) is 37.3 Å². The summed E-state index contributed by atoms with van der Waals surface area (Å²) in [5, 5.41) is 6.41. The van der Waals surface area contributed by atoms with Crippen molar-refractivity contribution in [3.05, 3.63) is 65.6 Å². The van der Waals surface area contributed by atoms with Crippen molar-refractivity contribution in [2.24, 2.45) is 0 Å². The molecule has 0 aliphatic carbocycles. The molecule has 1 aromatic heterocycles. The summed E-state index contributed by atoms with van der Waals surface area (Å²) in [6, 6.07) is 10.9. The van der Waals surface area contributed by atoms with Gasteiger partial charge in [0.2, 0.25) is 17.6 Å². The molecule has 30 heavy (non-hydrogen) atoms. The molecule has 4 rings (SSSR count). The van der Waals surface area contributed by atoms with Crippen LogP contribution < -0.4 is 15.0 Å². The Morgan fingerprint density at radius 3 is 2.83 bits per heavy atom. The molecule has 0 atom stereocenters. The maximum absolute atomic E-state index is 14.5. The minimum Gasteiger partial charge on any atom is -0.485 e. The Labute approximate surface area is 171 Å². The first-order valence-corrected chi connectivity index (χ1v) is 9.43. The van der Waals surface area contributed by atoms with Crippen LogP contribution in [-0.4, -0.2) is 28.5 Å². The lowest BCUT2D eigenvalue weighted by Crippen LogP contribution is -2.24. The molecule has 2 aromatic carbocycles. The molecule has 1 saturated heterocycles. The number of carbonyl (C=O) groups is 2. The van der Waals surface area contributed by atoms with E-state index in [1.165, 1.54) is 17.0 Å². The van der Waals surface area contributed by atoms with Crippen molar-refractivity contribution in [3.8, 4) is 5.75 Å². The smallest absolute Gasteiger partial charge is 0.259 e. The van der Waals surface area contributed by atoms with Crippen LogP contribution in [0.4, 0.5) is 15.8 Å². The van der Waals surface area contributed by atoms with E-state index in [1.807, 2.05) is 0 Å². The van der Waals surface area contributed by atoms with Crippen LogP contribution in [0.15, 0.2) is 47.0 Å². The minimum atomic E-state index is -0.569. The Hall–Kier alpha value is -3.75. The fourth-order valence-corrected chi connectivity index (χ4v) is 3.23. The van der Waals surface area contributed by atoms with Gasteiger partial charge in [-0.15, -0.1) is 0 Å². The van der Waals surface area contributed by atoms with E-state index in [9.17, 15) is 14.0 Å². The van der Waals surface area contributed by atoms with E-state index in [0.717, 1.165) is 0 Å². The number of benzene rings is 2. The number of anilines is 2. The summed E-state index contributed by atoms with van der Waals surface area (Å²) in [4.78, 5) is 30.0. The Morgan fingerprint density at radius 1 is 1.30 bits per heavy atom. The van der Waals surface area contributed by atoms with Crippen LogP contribution in [0, 0.1) is 12.7 Å². The minimum absolute atomic E-state index is 0.0365. The lowest BCUT2D eigenvalue weighted by Gasteiger charge is -2.17. The van der Waals surface area contributed by atoms with Crippen LogP contribution in [0.1, 0.15) is 34.9 Å². The van der Waals surface area contributed by atoms with Gasteiger partial charge in [-0.3, -0.25) is 9.59 Å². The third-order valence-electron chi connectivity index (χ3n) is 4.63. The molecule has 1 N–H and O–H groups in total. The number of aryl methyl sites for hydroxylation is 1. The maximum atomic E-state index is 14.5. The summed E-state index contributed by atoms with van der Waals surface area (Å²) >= 11 is 0. The van der Waals surface area contributed by atoms with E-state index < -0.39 is 11.7 Å². The average molecular weight is 410 g/mol. The van der Waals surface area contributed by atoms with E-state index in [4.69, 9.17) is 9.26 Å². The lowest BCUT2D eigenvalue weighted by atomic mass is 10.1. The highest BCUT2D eigenvalue weighted by molar-refractivity contribution is 6.06. The van der Waals surface area contributed by atoms with Crippen molar-refractivity contribution in [1.82, 2.24) is 10.1 Å². The zero-order valence-electron chi connectivity index (χ0n) is 16.2. The van der Waals surface area contributed by atoms with Crippen molar-refractivity contribution >= 4 is 23.2 Å². The molecule has 2 amide bonds. The van der Waals surface area contributed by atoms with Gasteiger partial charge in [0.05, 0.1) is 11.3 Å². The highest BCUT2D eigenvalue weighted by atomic mass is 19.1. The normalized spacial score (nSPS) is 13.5. The largest absolute Gasteiger partial charge is 0.485 e. The van der Waals surface area contributed by atoms with Crippen molar-refractivity contribution in [3.63, 3.8) is 0 Å². The number of nitrogens with one attached hydrogen (secondary N) is 1. The van der Waals surface area contributed by atoms with Gasteiger partial charge in [-0.2, -0.15) is 4.98 Å². The first kappa shape index (κ1) is 19.6. The molecule has 0 radical (unpaired) electrons. The first-order valence-electron chi connectivity index (χ1n) is 9.43. The predicted octanol–water partition coefficient (Wildman–Crippen LogP) is 3.48. The fourth-order valence-electron chi connectivity index (χ4n) is 3.23. The number of ether oxygens (including phenoxy) is 1. The second-order valence-electron chi connectivity index (χ2n) is 6.78. The highest BCUT2D eigenvalue weighted by Gasteiger charge is 2.24. The number of para-hydroxylation sites is 1. The summed E-state index contributed by atoms with van der Waals surface area (Å²) in [6.45, 7) is 2.20. The third kappa shape index (κ3) is 4.14. The van der Waals surface area contributed by atoms with Gasteiger partial charge >= 0.3 is 0 Å². The van der Waals surface area contributed by atoms with Crippen LogP contribution in [-0.2, 0) is 11.4 Å². The SMILES string of the molecule is Cc1nc(COc2ccccc2C(=O)Nc2ccc(N3CCCC3=O)c(F)c2)no1. The van der Waals surface area contributed by atoms with Gasteiger partial charge in [-0.1, -0.05) is 17.3 Å². The number of carbonyl (C=O) groups excluding carboxylic acids is 2. The average Bonchev–Trinajstić information content (AvgIpc) is 3.34. The van der Waals surface area contributed by atoms with Gasteiger partial charge in [0.25, 0.3) is 5.91 Å². The molecule has 154 valence electrons. The Balaban J connectivity index is 1.47. The fraction of sp³-hybridized carbons (Fsp3) is 0.238. The first-order chi connectivity index (χ1) is 14.5. The number of halogens is 1. The van der Waals surface area contributed by atoms with Crippen LogP contribution >= 0.6 is 0 Å². The molecule has 1 fully saturated rings. The molecular weight excluding hydrogens is 391 g/mol. The van der Waals surface area contributed by atoms with Crippen molar-refractivity contribution < 1.29 is 23.2 Å². The summed E-state index contributed by atoms with van der Waals surface area (Å²) in [5.74, 6) is -0.0253. The second kappa shape index (κ2) is 8.32. The zero-order valence-corrected chi connectivity index (χ0v) is 16.2. The van der Waals surface area contributed by atoms with Crippen molar-refractivity contribution in [2.75, 3.05) is 16.8 Å². The third-order valence-corrected chi connectivity index (χ3v) is 4.63. The van der Waals surface area contributed by atoms with Gasteiger partial charge in [-0.25, -0.2) is 4.39 Å². The van der Waals surface area contributed by atoms with E-state index in [0.29, 0.717) is 36.9 Å². The molecule has 1 aliphatic rings. The van der Waals surface area contributed by atoms with Crippen LogP contribution in [0.2, 0.25) is 0 Å². The van der Waals surface area contributed by atoms with E-state index >= 15 is 0 Å². The van der Waals surface area contributed by atoms with E-state index in [-0.39, 0.29) is 29.5 Å². The molecule has 0 spiro atoms. The van der Waals surface area contributed by atoms with Crippen molar-refractivity contribution in [1.29, 1.82) is 0 Å². The maximum Gasteiger partial charge on any atom is 0.259 e. The van der Waals surface area contributed by atoms with Gasteiger partial charge in [0, 0.05) is 25.6 Å². The van der Waals surface area contributed by atoms with Crippen LogP contribution in [0.25, 0.3) is 0 Å². The van der Waals surface area contributed by atoms with Crippen LogP contribution in [0.5, 0.6) is 5.75 Å². The van der Waals surface area contributed by atoms with Gasteiger partial charge in [0.1, 0.15) is 11.6 Å². The quantitative estimate of drug-likeness (QED) is 0.668. The molecule has 8 nitrogen and oxygen atoms in total. The van der Waals surface area contributed by atoms with Crippen LogP contribution in [0.3, 0.4) is 0 Å². The molecular formula is C21H19FN4O4. The number of aromatic nitrogens is 2. The standard InChI is InChI=1S/C21H19FN4O4/c1-13-23-19(25-30-13)12-29-18-6-3-2-5-15(18)21(28)24-14-8-9-17(16(22)11-14)26-10-4-7-20(26)27/h2-3,5-6,8-9,11H,4,7,10,12H2,1H3,(H,24,28). The van der Waals surface area contributed by atoms with Gasteiger partial charge in [-0.05, 0) is 36.8 Å². The Bertz CT molecular complexity index is 1100. The molecule has 0 unspecified atom stereocenters. The van der Waals surface area contributed by atoms with Gasteiger partial charge < -0.3 is 19.5 Å². The van der Waals surface area contributed by atoms with Crippen molar-refractivity contribution in [2.45, 2.75) is 26.4 Å². The Morgan fingerprint density at radius 2 is 2.13 bits per heavy atom. The summed E-state index contributed by atoms with van der Waals surface area (Å²) in [6.07, 6.45) is 1.12. The number of hydrogen-bond acceptors (Lipinski definition) is 6. The molecule has 0 bridgehead atoms. The second-order valence-corrected chi connectivity index (χ2v) is 6.78. The van der Waals surface area contributed by atoms with E-state index in [2.05, 4.69) is 15.5 Å². The number of hydrogen-bond donors (Lipinski definition) is 1. The van der Waals surface area contributed by atoms with Gasteiger partial charge in [0.15, 0.2) is 6.61 Å². The highest BCUT2D eigenvalue weighted by Crippen LogP contribution is 2.27. The molecule has 0 saturated carbocycles. The zero-order chi connectivity index (χ0) is 21.1. The number of amides is 2. The monoisotopic (exact) mass is 410 g/mol. The molecule has 3 aromatic rings. The molecule has 1 aliphatic heterocycles. The summed E-state index contributed by atoms with van der Waals surface area (Å²) < 4.78 is 25.1. The predicted molar refractivity (Wildman–Crippen MR) is 106 cm³/mol. The molecule has 2 heterocycles. The lowest BCUT2D eigenvalue weighted by molar-refractivity contribution is -0.117. The number of nitrogens with zero attached hydrogens (tertiary/aromatic N) is 3. The molecule has 9 heteroatoms. The Kier molecular flexibility index (Phi) is 5.42. The summed E-state index contributed by atoms with van der Waals surface area (Å²) in [7, 11) is 0. The number of rotatable bonds is 6. The summed E-state index contributed by atoms with van der Waals surface area (Å²) in [5.41, 5.74) is 0.767. The topological polar surface area (TPSA) is 97.6 Å².